The van der Waals surface area contributed by atoms with Gasteiger partial charge in [-0.05, 0) is 85.1 Å². The lowest BCUT2D eigenvalue weighted by Crippen LogP contribution is -2.02. The molecule has 0 radical (unpaired) electrons. The predicted octanol–water partition coefficient (Wildman–Crippen LogP) is 5.61. The Labute approximate surface area is 200 Å². The van der Waals surface area contributed by atoms with Crippen molar-refractivity contribution in [3.63, 3.8) is 0 Å². The van der Waals surface area contributed by atoms with Gasteiger partial charge < -0.3 is 4.74 Å². The molecule has 0 aromatic heterocycles. The maximum atomic E-state index is 13.0. The Morgan fingerprint density at radius 3 is 1.38 bits per heavy atom. The Balaban J connectivity index is 1.46. The first-order valence-electron chi connectivity index (χ1n) is 10.6. The smallest absolute Gasteiger partial charge is 0.206 e. The van der Waals surface area contributed by atoms with Gasteiger partial charge in [-0.2, -0.15) is 0 Å². The van der Waals surface area contributed by atoms with E-state index in [-0.39, 0.29) is 14.7 Å². The summed E-state index contributed by atoms with van der Waals surface area (Å²) >= 11 is 0. The quantitative estimate of drug-likeness (QED) is 0.335. The first-order chi connectivity index (χ1) is 16.1. The molecule has 0 aliphatic carbocycles. The van der Waals surface area contributed by atoms with E-state index < -0.39 is 19.7 Å². The SMILES string of the molecule is Cc1ccc(Cc2ccc(S(=O)(=O)c3ccc(Oc4ccc(S(C)(=O)=O)cc4)cc3)cc2)cc1. The summed E-state index contributed by atoms with van der Waals surface area (Å²) in [6.07, 6.45) is 1.87. The van der Waals surface area contributed by atoms with Crippen molar-refractivity contribution in [1.29, 1.82) is 0 Å². The highest BCUT2D eigenvalue weighted by molar-refractivity contribution is 7.91. The molecule has 0 aliphatic rings. The highest BCUT2D eigenvalue weighted by atomic mass is 32.2. The summed E-state index contributed by atoms with van der Waals surface area (Å²) in [5.74, 6) is 0.895. The van der Waals surface area contributed by atoms with Gasteiger partial charge in [-0.25, -0.2) is 16.8 Å². The molecule has 34 heavy (non-hydrogen) atoms. The summed E-state index contributed by atoms with van der Waals surface area (Å²) < 4.78 is 54.9. The van der Waals surface area contributed by atoms with Crippen LogP contribution in [0.5, 0.6) is 11.5 Å². The second-order valence-electron chi connectivity index (χ2n) is 8.13. The summed E-state index contributed by atoms with van der Waals surface area (Å²) in [6.45, 7) is 2.04. The monoisotopic (exact) mass is 492 g/mol. The molecule has 0 amide bonds. The van der Waals surface area contributed by atoms with Gasteiger partial charge >= 0.3 is 0 Å². The number of sulfone groups is 2. The lowest BCUT2D eigenvalue weighted by atomic mass is 10.0. The van der Waals surface area contributed by atoms with Gasteiger partial charge in [0, 0.05) is 6.26 Å². The molecule has 0 aliphatic heterocycles. The standard InChI is InChI=1S/C27H24O5S2/c1-20-3-5-21(6-4-20)19-22-7-13-26(14-8-22)34(30,31)27-17-11-24(12-18-27)32-23-9-15-25(16-10-23)33(2,28)29/h3-18H,19H2,1-2H3. The third kappa shape index (κ3) is 5.55. The largest absolute Gasteiger partial charge is 0.457 e. The minimum atomic E-state index is -3.67. The van der Waals surface area contributed by atoms with E-state index in [0.717, 1.165) is 18.2 Å². The molecular formula is C27H24O5S2. The van der Waals surface area contributed by atoms with Crippen molar-refractivity contribution in [3.8, 4) is 11.5 Å². The number of ether oxygens (including phenoxy) is 1. The summed E-state index contributed by atoms with van der Waals surface area (Å²) in [5, 5.41) is 0. The Hall–Kier alpha value is -3.42. The molecule has 0 atom stereocenters. The van der Waals surface area contributed by atoms with E-state index in [1.807, 2.05) is 19.1 Å². The first kappa shape index (κ1) is 23.7. The molecule has 4 rings (SSSR count). The highest BCUT2D eigenvalue weighted by Crippen LogP contribution is 2.27. The van der Waals surface area contributed by atoms with Crippen LogP contribution < -0.4 is 4.74 Å². The van der Waals surface area contributed by atoms with E-state index in [2.05, 4.69) is 24.3 Å². The van der Waals surface area contributed by atoms with Crippen molar-refractivity contribution in [2.24, 2.45) is 0 Å². The molecule has 4 aromatic carbocycles. The van der Waals surface area contributed by atoms with Crippen LogP contribution in [-0.2, 0) is 26.1 Å². The van der Waals surface area contributed by atoms with E-state index in [9.17, 15) is 16.8 Å². The zero-order valence-electron chi connectivity index (χ0n) is 18.8. The molecule has 0 saturated carbocycles. The Morgan fingerprint density at radius 1 is 0.559 bits per heavy atom. The van der Waals surface area contributed by atoms with Gasteiger partial charge in [-0.3, -0.25) is 0 Å². The van der Waals surface area contributed by atoms with Gasteiger partial charge in [0.15, 0.2) is 9.84 Å². The average Bonchev–Trinajstić information content (AvgIpc) is 2.81. The fourth-order valence-electron chi connectivity index (χ4n) is 3.44. The first-order valence-corrected chi connectivity index (χ1v) is 14.0. The van der Waals surface area contributed by atoms with Crippen LogP contribution in [0.2, 0.25) is 0 Å². The van der Waals surface area contributed by atoms with Crippen molar-refractivity contribution in [2.75, 3.05) is 6.26 Å². The van der Waals surface area contributed by atoms with Gasteiger partial charge in [0.1, 0.15) is 11.5 Å². The predicted molar refractivity (Wildman–Crippen MR) is 132 cm³/mol. The molecule has 0 N–H and O–H groups in total. The molecule has 0 saturated heterocycles. The topological polar surface area (TPSA) is 77.5 Å². The molecule has 0 heterocycles. The van der Waals surface area contributed by atoms with Crippen LogP contribution >= 0.6 is 0 Å². The second kappa shape index (κ2) is 9.44. The summed E-state index contributed by atoms with van der Waals surface area (Å²) in [4.78, 5) is 0.593. The van der Waals surface area contributed by atoms with E-state index in [0.29, 0.717) is 11.5 Å². The van der Waals surface area contributed by atoms with E-state index in [1.165, 1.54) is 35.4 Å². The minimum Gasteiger partial charge on any atom is -0.457 e. The van der Waals surface area contributed by atoms with Gasteiger partial charge in [0.25, 0.3) is 0 Å². The summed E-state index contributed by atoms with van der Waals surface area (Å²) in [6, 6.07) is 27.4. The van der Waals surface area contributed by atoms with E-state index in [4.69, 9.17) is 4.74 Å². The van der Waals surface area contributed by atoms with Crippen molar-refractivity contribution >= 4 is 19.7 Å². The van der Waals surface area contributed by atoms with Crippen LogP contribution in [0.25, 0.3) is 0 Å². The lowest BCUT2D eigenvalue weighted by Gasteiger charge is -2.09. The third-order valence-corrected chi connectivity index (χ3v) is 8.30. The van der Waals surface area contributed by atoms with Crippen LogP contribution in [-0.4, -0.2) is 23.1 Å². The second-order valence-corrected chi connectivity index (χ2v) is 12.1. The Kier molecular flexibility index (Phi) is 6.59. The molecular weight excluding hydrogens is 468 g/mol. The van der Waals surface area contributed by atoms with E-state index in [1.54, 1.807) is 36.4 Å². The molecule has 4 aromatic rings. The number of rotatable bonds is 7. The van der Waals surface area contributed by atoms with Crippen LogP contribution in [0, 0.1) is 6.92 Å². The van der Waals surface area contributed by atoms with Crippen molar-refractivity contribution in [2.45, 2.75) is 28.0 Å². The van der Waals surface area contributed by atoms with Crippen LogP contribution in [0.1, 0.15) is 16.7 Å². The fourth-order valence-corrected chi connectivity index (χ4v) is 5.33. The van der Waals surface area contributed by atoms with Crippen molar-refractivity contribution in [1.82, 2.24) is 0 Å². The number of hydrogen-bond acceptors (Lipinski definition) is 5. The van der Waals surface area contributed by atoms with Crippen molar-refractivity contribution in [3.05, 3.63) is 114 Å². The van der Waals surface area contributed by atoms with E-state index >= 15 is 0 Å². The maximum Gasteiger partial charge on any atom is 0.206 e. The molecule has 0 unspecified atom stereocenters. The summed E-state index contributed by atoms with van der Waals surface area (Å²) in [7, 11) is -6.95. The van der Waals surface area contributed by atoms with Crippen molar-refractivity contribution < 1.29 is 21.6 Å². The maximum absolute atomic E-state index is 13.0. The van der Waals surface area contributed by atoms with Crippen LogP contribution in [0.3, 0.4) is 0 Å². The third-order valence-electron chi connectivity index (χ3n) is 5.38. The number of hydrogen-bond donors (Lipinski definition) is 0. The van der Waals surface area contributed by atoms with Crippen LogP contribution in [0.15, 0.2) is 112 Å². The zero-order chi connectivity index (χ0) is 24.3. The highest BCUT2D eigenvalue weighted by Gasteiger charge is 2.18. The Morgan fingerprint density at radius 2 is 0.941 bits per heavy atom. The summed E-state index contributed by atoms with van der Waals surface area (Å²) in [5.41, 5.74) is 3.41. The normalized spacial score (nSPS) is 11.8. The molecule has 0 bridgehead atoms. The van der Waals surface area contributed by atoms with Gasteiger partial charge in [-0.15, -0.1) is 0 Å². The molecule has 7 heteroatoms. The minimum absolute atomic E-state index is 0.165. The van der Waals surface area contributed by atoms with Crippen LogP contribution in [0.4, 0.5) is 0 Å². The van der Waals surface area contributed by atoms with Gasteiger partial charge in [-0.1, -0.05) is 42.0 Å². The average molecular weight is 493 g/mol. The molecule has 0 spiro atoms. The number of benzene rings is 4. The fraction of sp³-hybridized carbons (Fsp3) is 0.111. The molecule has 5 nitrogen and oxygen atoms in total. The number of aryl methyl sites for hydroxylation is 1. The molecule has 0 fully saturated rings. The molecule has 174 valence electrons. The van der Waals surface area contributed by atoms with Gasteiger partial charge in [0.05, 0.1) is 14.7 Å². The lowest BCUT2D eigenvalue weighted by molar-refractivity contribution is 0.481. The Bertz CT molecular complexity index is 1490. The zero-order valence-corrected chi connectivity index (χ0v) is 20.4. The van der Waals surface area contributed by atoms with Gasteiger partial charge in [0.2, 0.25) is 9.84 Å².